The Balaban J connectivity index is 2.02. The van der Waals surface area contributed by atoms with Gasteiger partial charge in [-0.15, -0.1) is 0 Å². The molecule has 0 aromatic rings. The fourth-order valence-corrected chi connectivity index (χ4v) is 2.99. The summed E-state index contributed by atoms with van der Waals surface area (Å²) >= 11 is 0. The van der Waals surface area contributed by atoms with E-state index >= 15 is 0 Å². The van der Waals surface area contributed by atoms with Crippen LogP contribution in [-0.2, 0) is 0 Å². The average molecular weight is 154 g/mol. The molecule has 1 N–H and O–H groups in total. The van der Waals surface area contributed by atoms with Gasteiger partial charge >= 0.3 is 0 Å². The molecule has 2 saturated carbocycles. The predicted molar refractivity (Wildman–Crippen MR) is 45.2 cm³/mol. The molecular formula is C10H18O. The lowest BCUT2D eigenvalue weighted by atomic mass is 9.67. The van der Waals surface area contributed by atoms with Crippen LogP contribution in [-0.4, -0.2) is 11.2 Å². The van der Waals surface area contributed by atoms with Crippen LogP contribution in [0.2, 0.25) is 0 Å². The van der Waals surface area contributed by atoms with E-state index < -0.39 is 0 Å². The second-order valence-electron chi connectivity index (χ2n) is 4.58. The lowest BCUT2D eigenvalue weighted by Gasteiger charge is -2.40. The van der Waals surface area contributed by atoms with E-state index in [-0.39, 0.29) is 6.10 Å². The van der Waals surface area contributed by atoms with Crippen LogP contribution in [0.4, 0.5) is 0 Å². The minimum Gasteiger partial charge on any atom is -0.393 e. The first-order valence-corrected chi connectivity index (χ1v) is 4.93. The maximum Gasteiger partial charge on any atom is 0.0568 e. The summed E-state index contributed by atoms with van der Waals surface area (Å²) in [6.07, 6.45) is 6.39. The van der Waals surface area contributed by atoms with E-state index in [0.717, 1.165) is 18.3 Å². The number of rotatable bonds is 0. The Morgan fingerprint density at radius 1 is 1.09 bits per heavy atom. The van der Waals surface area contributed by atoms with E-state index in [4.69, 9.17) is 0 Å². The maximum absolute atomic E-state index is 9.64. The molecule has 2 unspecified atom stereocenters. The molecule has 1 nitrogen and oxygen atoms in total. The van der Waals surface area contributed by atoms with E-state index in [1.54, 1.807) is 0 Å². The van der Waals surface area contributed by atoms with Gasteiger partial charge in [0.2, 0.25) is 0 Å². The first-order valence-electron chi connectivity index (χ1n) is 4.93. The van der Waals surface area contributed by atoms with Crippen LogP contribution >= 0.6 is 0 Å². The topological polar surface area (TPSA) is 20.2 Å². The van der Waals surface area contributed by atoms with Crippen molar-refractivity contribution in [2.75, 3.05) is 0 Å². The lowest BCUT2D eigenvalue weighted by Crippen LogP contribution is -2.35. The Morgan fingerprint density at radius 3 is 2.73 bits per heavy atom. The minimum atomic E-state index is 0.0361. The first-order chi connectivity index (χ1) is 5.25. The minimum absolute atomic E-state index is 0.0361. The van der Waals surface area contributed by atoms with Crippen molar-refractivity contribution in [3.63, 3.8) is 0 Å². The van der Waals surface area contributed by atoms with Crippen molar-refractivity contribution in [1.29, 1.82) is 0 Å². The highest BCUT2D eigenvalue weighted by Crippen LogP contribution is 2.42. The summed E-state index contributed by atoms with van der Waals surface area (Å²) < 4.78 is 0. The van der Waals surface area contributed by atoms with E-state index in [9.17, 15) is 5.11 Å². The Morgan fingerprint density at radius 2 is 1.91 bits per heavy atom. The molecule has 2 aliphatic rings. The van der Waals surface area contributed by atoms with E-state index in [2.05, 4.69) is 6.92 Å². The van der Waals surface area contributed by atoms with E-state index in [1.807, 2.05) is 0 Å². The van der Waals surface area contributed by atoms with Gasteiger partial charge in [0.25, 0.3) is 0 Å². The Labute approximate surface area is 68.8 Å². The molecule has 0 aromatic carbocycles. The molecule has 0 spiro atoms. The zero-order valence-electron chi connectivity index (χ0n) is 7.29. The van der Waals surface area contributed by atoms with Gasteiger partial charge in [-0.2, -0.15) is 0 Å². The van der Waals surface area contributed by atoms with Crippen LogP contribution < -0.4 is 0 Å². The number of aliphatic hydroxyl groups excluding tert-OH is 1. The summed E-state index contributed by atoms with van der Waals surface area (Å²) in [5, 5.41) is 9.64. The smallest absolute Gasteiger partial charge is 0.0568 e. The molecule has 0 amide bonds. The van der Waals surface area contributed by atoms with E-state index in [0.29, 0.717) is 5.92 Å². The van der Waals surface area contributed by atoms with Crippen LogP contribution in [0.15, 0.2) is 0 Å². The predicted octanol–water partition coefficient (Wildman–Crippen LogP) is 2.19. The molecule has 1 heteroatoms. The van der Waals surface area contributed by atoms with Crippen LogP contribution in [0, 0.1) is 17.8 Å². The lowest BCUT2D eigenvalue weighted by molar-refractivity contribution is 0.00648. The quantitative estimate of drug-likeness (QED) is 0.567. The summed E-state index contributed by atoms with van der Waals surface area (Å²) in [6.45, 7) is 2.33. The average Bonchev–Trinajstić information content (AvgIpc) is 1.97. The number of fused-ring (bicyclic) bond motifs is 2. The van der Waals surface area contributed by atoms with Gasteiger partial charge in [-0.05, 0) is 49.9 Å². The zero-order valence-corrected chi connectivity index (χ0v) is 7.29. The molecular weight excluding hydrogens is 136 g/mol. The third kappa shape index (κ3) is 1.44. The number of aliphatic hydroxyl groups is 1. The SMILES string of the molecule is C[C@@H]1CC2CC[C@H](O)C(C2)C1. The molecule has 0 saturated heterocycles. The van der Waals surface area contributed by atoms with Crippen LogP contribution in [0.3, 0.4) is 0 Å². The van der Waals surface area contributed by atoms with Gasteiger partial charge in [0.05, 0.1) is 6.10 Å². The number of hydrogen-bond acceptors (Lipinski definition) is 1. The van der Waals surface area contributed by atoms with Crippen LogP contribution in [0.5, 0.6) is 0 Å². The second-order valence-corrected chi connectivity index (χ2v) is 4.58. The van der Waals surface area contributed by atoms with Crippen molar-refractivity contribution in [1.82, 2.24) is 0 Å². The third-order valence-electron chi connectivity index (χ3n) is 3.49. The van der Waals surface area contributed by atoms with Gasteiger partial charge in [-0.3, -0.25) is 0 Å². The monoisotopic (exact) mass is 154 g/mol. The molecule has 2 fully saturated rings. The van der Waals surface area contributed by atoms with Crippen LogP contribution in [0.25, 0.3) is 0 Å². The van der Waals surface area contributed by atoms with Gasteiger partial charge in [0.1, 0.15) is 0 Å². The fourth-order valence-electron chi connectivity index (χ4n) is 2.99. The molecule has 2 aliphatic carbocycles. The summed E-state index contributed by atoms with van der Waals surface area (Å²) in [6, 6.07) is 0. The van der Waals surface area contributed by atoms with Crippen molar-refractivity contribution >= 4 is 0 Å². The van der Waals surface area contributed by atoms with Crippen molar-refractivity contribution in [3.05, 3.63) is 0 Å². The fraction of sp³-hybridized carbons (Fsp3) is 1.00. The third-order valence-corrected chi connectivity index (χ3v) is 3.49. The highest BCUT2D eigenvalue weighted by molar-refractivity contribution is 4.86. The van der Waals surface area contributed by atoms with Crippen molar-refractivity contribution in [3.8, 4) is 0 Å². The van der Waals surface area contributed by atoms with Crippen molar-refractivity contribution in [2.24, 2.45) is 17.8 Å². The Bertz CT molecular complexity index is 142. The van der Waals surface area contributed by atoms with Crippen molar-refractivity contribution in [2.45, 2.75) is 45.1 Å². The first kappa shape index (κ1) is 7.60. The summed E-state index contributed by atoms with van der Waals surface area (Å²) in [7, 11) is 0. The maximum atomic E-state index is 9.64. The van der Waals surface area contributed by atoms with Crippen LogP contribution in [0.1, 0.15) is 39.0 Å². The highest BCUT2D eigenvalue weighted by atomic mass is 16.3. The van der Waals surface area contributed by atoms with Gasteiger partial charge in [-0.25, -0.2) is 0 Å². The van der Waals surface area contributed by atoms with Gasteiger partial charge < -0.3 is 5.11 Å². The largest absolute Gasteiger partial charge is 0.393 e. The summed E-state index contributed by atoms with van der Waals surface area (Å²) in [4.78, 5) is 0. The zero-order chi connectivity index (χ0) is 7.84. The normalized spacial score (nSPS) is 50.7. The molecule has 0 heterocycles. The molecule has 64 valence electrons. The van der Waals surface area contributed by atoms with Gasteiger partial charge in [0, 0.05) is 0 Å². The molecule has 0 aromatic heterocycles. The highest BCUT2D eigenvalue weighted by Gasteiger charge is 2.34. The Kier molecular flexibility index (Phi) is 1.92. The molecule has 2 bridgehead atoms. The molecule has 11 heavy (non-hydrogen) atoms. The summed E-state index contributed by atoms with van der Waals surface area (Å²) in [5.41, 5.74) is 0. The van der Waals surface area contributed by atoms with Crippen molar-refractivity contribution < 1.29 is 5.11 Å². The van der Waals surface area contributed by atoms with Gasteiger partial charge in [-0.1, -0.05) is 6.92 Å². The van der Waals surface area contributed by atoms with E-state index in [1.165, 1.54) is 25.7 Å². The molecule has 4 atom stereocenters. The molecule has 2 rings (SSSR count). The number of hydrogen-bond donors (Lipinski definition) is 1. The molecule has 0 radical (unpaired) electrons. The Hall–Kier alpha value is -0.0400. The summed E-state index contributed by atoms with van der Waals surface area (Å²) in [5.74, 6) is 2.47. The molecule has 0 aliphatic heterocycles. The van der Waals surface area contributed by atoms with Gasteiger partial charge in [0.15, 0.2) is 0 Å². The standard InChI is InChI=1S/C10H18O/c1-7-4-8-2-3-10(11)9(5-7)6-8/h7-11H,2-6H2,1H3/t7-,8?,9?,10+/m1/s1. The second kappa shape index (κ2) is 2.78.